The maximum Gasteiger partial charge on any atom is 0.257 e. The van der Waals surface area contributed by atoms with E-state index >= 15 is 0 Å². The van der Waals surface area contributed by atoms with Crippen LogP contribution in [0.15, 0.2) is 54.9 Å². The molecule has 0 fully saturated rings. The minimum atomic E-state index is -0.352. The van der Waals surface area contributed by atoms with Crippen molar-refractivity contribution >= 4 is 46.4 Å². The summed E-state index contributed by atoms with van der Waals surface area (Å²) in [7, 11) is 0. The third-order valence-corrected chi connectivity index (χ3v) is 4.24. The van der Waals surface area contributed by atoms with Crippen LogP contribution in [0.5, 0.6) is 0 Å². The van der Waals surface area contributed by atoms with Gasteiger partial charge in [0, 0.05) is 23.6 Å². The third-order valence-electron chi connectivity index (χ3n) is 3.22. The number of hydrogen-bond acceptors (Lipinski definition) is 3. The molecular formula is C17H10Cl3N3O. The summed E-state index contributed by atoms with van der Waals surface area (Å²) in [6.07, 6.45) is 3.04. The highest BCUT2D eigenvalue weighted by Crippen LogP contribution is 2.29. The fourth-order valence-electron chi connectivity index (χ4n) is 2.07. The highest BCUT2D eigenvalue weighted by molar-refractivity contribution is 6.41. The predicted octanol–water partition coefficient (Wildman–Crippen LogP) is 5.36. The first kappa shape index (κ1) is 16.7. The van der Waals surface area contributed by atoms with Crippen molar-refractivity contribution in [1.29, 1.82) is 0 Å². The van der Waals surface area contributed by atoms with Crippen LogP contribution in [0, 0.1) is 0 Å². The van der Waals surface area contributed by atoms with Gasteiger partial charge in [0.05, 0.1) is 21.3 Å². The number of rotatable bonds is 3. The van der Waals surface area contributed by atoms with E-state index in [0.29, 0.717) is 16.3 Å². The van der Waals surface area contributed by atoms with E-state index in [1.165, 1.54) is 12.3 Å². The Bertz CT molecular complexity index is 901. The first-order valence-electron chi connectivity index (χ1n) is 6.88. The number of hydrogen-bond donors (Lipinski definition) is 1. The first-order chi connectivity index (χ1) is 11.5. The normalized spacial score (nSPS) is 10.5. The summed E-state index contributed by atoms with van der Waals surface area (Å²) in [6, 6.07) is 12.2. The molecular weight excluding hydrogens is 369 g/mol. The summed E-state index contributed by atoms with van der Waals surface area (Å²) in [5, 5.41) is 3.69. The van der Waals surface area contributed by atoms with Crippen molar-refractivity contribution in [3.63, 3.8) is 0 Å². The second-order valence-corrected chi connectivity index (χ2v) is 6.03. The Kier molecular flexibility index (Phi) is 5.00. The molecule has 0 unspecified atom stereocenters. The van der Waals surface area contributed by atoms with Gasteiger partial charge in [-0.3, -0.25) is 9.78 Å². The van der Waals surface area contributed by atoms with E-state index in [1.807, 2.05) is 18.2 Å². The van der Waals surface area contributed by atoms with Crippen LogP contribution in [0.3, 0.4) is 0 Å². The molecule has 0 aliphatic carbocycles. The van der Waals surface area contributed by atoms with E-state index < -0.39 is 0 Å². The van der Waals surface area contributed by atoms with Gasteiger partial charge in [-0.05, 0) is 36.4 Å². The standard InChI is InChI=1S/C17H10Cl3N3O/c18-13-5-4-11(8-12(13)15-3-1-2-6-21-15)23-17(24)10-7-14(19)16(20)22-9-10/h1-9H,(H,23,24). The predicted molar refractivity (Wildman–Crippen MR) is 96.9 cm³/mol. The Morgan fingerprint density at radius 3 is 2.50 bits per heavy atom. The summed E-state index contributed by atoms with van der Waals surface area (Å²) in [5.41, 5.74) is 2.33. The van der Waals surface area contributed by atoms with Crippen LogP contribution in [0.25, 0.3) is 11.3 Å². The number of amides is 1. The summed E-state index contributed by atoms with van der Waals surface area (Å²) in [6.45, 7) is 0. The molecule has 4 nitrogen and oxygen atoms in total. The van der Waals surface area contributed by atoms with Crippen molar-refractivity contribution < 1.29 is 4.79 Å². The lowest BCUT2D eigenvalue weighted by molar-refractivity contribution is 0.102. The Hall–Kier alpha value is -2.14. The monoisotopic (exact) mass is 377 g/mol. The number of nitrogens with one attached hydrogen (secondary N) is 1. The molecule has 0 radical (unpaired) electrons. The highest BCUT2D eigenvalue weighted by atomic mass is 35.5. The highest BCUT2D eigenvalue weighted by Gasteiger charge is 2.11. The molecule has 24 heavy (non-hydrogen) atoms. The molecule has 0 atom stereocenters. The average Bonchev–Trinajstić information content (AvgIpc) is 2.59. The molecule has 1 amide bonds. The van der Waals surface area contributed by atoms with Crippen LogP contribution in [0.1, 0.15) is 10.4 Å². The lowest BCUT2D eigenvalue weighted by Gasteiger charge is -2.09. The smallest absolute Gasteiger partial charge is 0.257 e. The summed E-state index contributed by atoms with van der Waals surface area (Å²) in [5.74, 6) is -0.352. The Morgan fingerprint density at radius 1 is 0.958 bits per heavy atom. The average molecular weight is 379 g/mol. The molecule has 0 spiro atoms. The summed E-state index contributed by atoms with van der Waals surface area (Å²) >= 11 is 17.9. The number of anilines is 1. The lowest BCUT2D eigenvalue weighted by Crippen LogP contribution is -2.12. The van der Waals surface area contributed by atoms with Crippen LogP contribution in [0.2, 0.25) is 15.2 Å². The zero-order chi connectivity index (χ0) is 17.1. The van der Waals surface area contributed by atoms with Crippen LogP contribution in [0.4, 0.5) is 5.69 Å². The van der Waals surface area contributed by atoms with E-state index in [-0.39, 0.29) is 16.1 Å². The van der Waals surface area contributed by atoms with Gasteiger partial charge < -0.3 is 5.32 Å². The van der Waals surface area contributed by atoms with Gasteiger partial charge >= 0.3 is 0 Å². The number of halogens is 3. The van der Waals surface area contributed by atoms with E-state index in [4.69, 9.17) is 34.8 Å². The van der Waals surface area contributed by atoms with Gasteiger partial charge in [0.1, 0.15) is 5.15 Å². The molecule has 3 rings (SSSR count). The molecule has 0 bridgehead atoms. The second-order valence-electron chi connectivity index (χ2n) is 4.86. The van der Waals surface area contributed by atoms with Gasteiger partial charge in [-0.2, -0.15) is 0 Å². The first-order valence-corrected chi connectivity index (χ1v) is 8.01. The number of pyridine rings is 2. The van der Waals surface area contributed by atoms with Crippen molar-refractivity contribution in [3.05, 3.63) is 75.6 Å². The molecule has 0 aliphatic rings. The van der Waals surface area contributed by atoms with Gasteiger partial charge in [-0.15, -0.1) is 0 Å². The van der Waals surface area contributed by atoms with Crippen LogP contribution >= 0.6 is 34.8 Å². The van der Waals surface area contributed by atoms with E-state index in [0.717, 1.165) is 11.3 Å². The molecule has 7 heteroatoms. The van der Waals surface area contributed by atoms with E-state index in [1.54, 1.807) is 24.4 Å². The van der Waals surface area contributed by atoms with Gasteiger partial charge in [-0.25, -0.2) is 4.98 Å². The van der Waals surface area contributed by atoms with Gasteiger partial charge in [0.25, 0.3) is 5.91 Å². The maximum absolute atomic E-state index is 12.3. The molecule has 120 valence electrons. The van der Waals surface area contributed by atoms with Crippen molar-refractivity contribution in [2.24, 2.45) is 0 Å². The molecule has 0 aliphatic heterocycles. The molecule has 0 saturated carbocycles. The minimum absolute atomic E-state index is 0.150. The van der Waals surface area contributed by atoms with Crippen molar-refractivity contribution in [2.45, 2.75) is 0 Å². The molecule has 1 N–H and O–H groups in total. The number of carbonyl (C=O) groups excluding carboxylic acids is 1. The number of nitrogens with zero attached hydrogens (tertiary/aromatic N) is 2. The SMILES string of the molecule is O=C(Nc1ccc(Cl)c(-c2ccccn2)c1)c1cnc(Cl)c(Cl)c1. The second kappa shape index (κ2) is 7.18. The van der Waals surface area contributed by atoms with Crippen LogP contribution in [-0.4, -0.2) is 15.9 Å². The van der Waals surface area contributed by atoms with E-state index in [2.05, 4.69) is 15.3 Å². The van der Waals surface area contributed by atoms with Crippen molar-refractivity contribution in [3.8, 4) is 11.3 Å². The van der Waals surface area contributed by atoms with Gasteiger partial charge in [0.2, 0.25) is 0 Å². The molecule has 2 heterocycles. The fraction of sp³-hybridized carbons (Fsp3) is 0. The summed E-state index contributed by atoms with van der Waals surface area (Å²) in [4.78, 5) is 20.4. The maximum atomic E-state index is 12.3. The number of carbonyl (C=O) groups is 1. The third kappa shape index (κ3) is 3.67. The Labute approximate surface area is 153 Å². The quantitative estimate of drug-likeness (QED) is 0.624. The van der Waals surface area contributed by atoms with Gasteiger partial charge in [0.15, 0.2) is 0 Å². The summed E-state index contributed by atoms with van der Waals surface area (Å²) < 4.78 is 0. The number of benzene rings is 1. The van der Waals surface area contributed by atoms with Crippen molar-refractivity contribution in [2.75, 3.05) is 5.32 Å². The lowest BCUT2D eigenvalue weighted by atomic mass is 10.1. The minimum Gasteiger partial charge on any atom is -0.322 e. The largest absolute Gasteiger partial charge is 0.322 e. The van der Waals surface area contributed by atoms with Gasteiger partial charge in [-0.1, -0.05) is 40.9 Å². The Balaban J connectivity index is 1.88. The van der Waals surface area contributed by atoms with Crippen molar-refractivity contribution in [1.82, 2.24) is 9.97 Å². The zero-order valence-corrected chi connectivity index (χ0v) is 14.4. The fourth-order valence-corrected chi connectivity index (χ4v) is 2.55. The van der Waals surface area contributed by atoms with Crippen LogP contribution in [-0.2, 0) is 0 Å². The Morgan fingerprint density at radius 2 is 1.79 bits per heavy atom. The number of aromatic nitrogens is 2. The van der Waals surface area contributed by atoms with Crippen LogP contribution < -0.4 is 5.32 Å². The molecule has 2 aromatic heterocycles. The topological polar surface area (TPSA) is 54.9 Å². The molecule has 1 aromatic carbocycles. The molecule has 3 aromatic rings. The van der Waals surface area contributed by atoms with E-state index in [9.17, 15) is 4.79 Å². The molecule has 0 saturated heterocycles. The zero-order valence-electron chi connectivity index (χ0n) is 12.1.